The Morgan fingerprint density at radius 1 is 1.21 bits per heavy atom. The molecule has 150 valence electrons. The standard InChI is InChI=1S/C21H27N3O3S/c1-21(2,3)19(26)24-11-9-14(10-12-24)18(25)23-20-22-16(13-28-20)15-7-5-6-8-17(15)27-4/h5-8,13-14H,9-12H2,1-4H3,(H,22,23,25). The van der Waals surface area contributed by atoms with Gasteiger partial charge in [0.1, 0.15) is 5.75 Å². The molecule has 2 amide bonds. The van der Waals surface area contributed by atoms with Crippen LogP contribution < -0.4 is 10.1 Å². The maximum Gasteiger partial charge on any atom is 0.229 e. The molecule has 2 aromatic rings. The molecule has 0 bridgehead atoms. The van der Waals surface area contributed by atoms with E-state index in [2.05, 4.69) is 10.3 Å². The second-order valence-electron chi connectivity index (χ2n) is 8.04. The Hall–Kier alpha value is -2.41. The molecule has 1 aromatic heterocycles. The molecule has 0 atom stereocenters. The van der Waals surface area contributed by atoms with Gasteiger partial charge in [-0.05, 0) is 25.0 Å². The average Bonchev–Trinajstić information content (AvgIpc) is 3.15. The minimum Gasteiger partial charge on any atom is -0.496 e. The lowest BCUT2D eigenvalue weighted by molar-refractivity contribution is -0.142. The van der Waals surface area contributed by atoms with Gasteiger partial charge >= 0.3 is 0 Å². The molecule has 1 aliphatic heterocycles. The number of hydrogen-bond acceptors (Lipinski definition) is 5. The van der Waals surface area contributed by atoms with Crippen LogP contribution in [0.25, 0.3) is 11.3 Å². The number of carbonyl (C=O) groups excluding carboxylic acids is 2. The topological polar surface area (TPSA) is 71.5 Å². The molecule has 0 unspecified atom stereocenters. The lowest BCUT2D eigenvalue weighted by Crippen LogP contribution is -2.45. The highest BCUT2D eigenvalue weighted by atomic mass is 32.1. The van der Waals surface area contributed by atoms with E-state index < -0.39 is 0 Å². The first-order valence-electron chi connectivity index (χ1n) is 9.48. The summed E-state index contributed by atoms with van der Waals surface area (Å²) in [4.78, 5) is 31.4. The van der Waals surface area contributed by atoms with Gasteiger partial charge in [0.05, 0.1) is 12.8 Å². The number of carbonyl (C=O) groups is 2. The van der Waals surface area contributed by atoms with E-state index in [-0.39, 0.29) is 23.1 Å². The van der Waals surface area contributed by atoms with E-state index in [9.17, 15) is 9.59 Å². The van der Waals surface area contributed by atoms with Crippen molar-refractivity contribution in [3.63, 3.8) is 0 Å². The molecule has 1 N–H and O–H groups in total. The fourth-order valence-corrected chi connectivity index (χ4v) is 4.05. The Kier molecular flexibility index (Phi) is 6.03. The molecule has 6 nitrogen and oxygen atoms in total. The van der Waals surface area contributed by atoms with Gasteiger partial charge in [-0.25, -0.2) is 4.98 Å². The van der Waals surface area contributed by atoms with Gasteiger partial charge in [-0.15, -0.1) is 11.3 Å². The number of aromatic nitrogens is 1. The van der Waals surface area contributed by atoms with Crippen molar-refractivity contribution in [1.82, 2.24) is 9.88 Å². The van der Waals surface area contributed by atoms with Crippen LogP contribution in [0.1, 0.15) is 33.6 Å². The second kappa shape index (κ2) is 8.31. The maximum absolute atomic E-state index is 12.6. The van der Waals surface area contributed by atoms with Crippen molar-refractivity contribution in [3.05, 3.63) is 29.6 Å². The molecule has 2 heterocycles. The van der Waals surface area contributed by atoms with E-state index in [1.807, 2.05) is 55.3 Å². The zero-order valence-corrected chi connectivity index (χ0v) is 17.6. The van der Waals surface area contributed by atoms with E-state index in [0.717, 1.165) is 17.0 Å². The number of likely N-dealkylation sites (tertiary alicyclic amines) is 1. The summed E-state index contributed by atoms with van der Waals surface area (Å²) < 4.78 is 5.38. The van der Waals surface area contributed by atoms with Gasteiger partial charge < -0.3 is 15.0 Å². The van der Waals surface area contributed by atoms with Crippen molar-refractivity contribution in [3.8, 4) is 17.0 Å². The number of piperidine rings is 1. The van der Waals surface area contributed by atoms with E-state index in [1.165, 1.54) is 11.3 Å². The number of hydrogen-bond donors (Lipinski definition) is 1. The number of amides is 2. The molecule has 28 heavy (non-hydrogen) atoms. The molecular formula is C21H27N3O3S. The molecule has 1 aromatic carbocycles. The summed E-state index contributed by atoms with van der Waals surface area (Å²) in [6.45, 7) is 7.03. The molecule has 7 heteroatoms. The summed E-state index contributed by atoms with van der Waals surface area (Å²) in [5.41, 5.74) is 1.30. The zero-order valence-electron chi connectivity index (χ0n) is 16.8. The van der Waals surface area contributed by atoms with Crippen LogP contribution in [0.2, 0.25) is 0 Å². The van der Waals surface area contributed by atoms with Gasteiger partial charge in [-0.3, -0.25) is 9.59 Å². The third kappa shape index (κ3) is 4.52. The molecule has 0 saturated carbocycles. The monoisotopic (exact) mass is 401 g/mol. The van der Waals surface area contributed by atoms with Crippen molar-refractivity contribution >= 4 is 28.3 Å². The van der Waals surface area contributed by atoms with Crippen LogP contribution in [0, 0.1) is 11.3 Å². The number of nitrogens with one attached hydrogen (secondary N) is 1. The van der Waals surface area contributed by atoms with Gasteiger partial charge in [0.15, 0.2) is 5.13 Å². The fourth-order valence-electron chi connectivity index (χ4n) is 3.34. The molecule has 3 rings (SSSR count). The molecular weight excluding hydrogens is 374 g/mol. The maximum atomic E-state index is 12.6. The van der Waals surface area contributed by atoms with Gasteiger partial charge in [0, 0.05) is 35.4 Å². The van der Waals surface area contributed by atoms with E-state index in [0.29, 0.717) is 31.1 Å². The van der Waals surface area contributed by atoms with Crippen LogP contribution in [0.5, 0.6) is 5.75 Å². The Bertz CT molecular complexity index is 849. The quantitative estimate of drug-likeness (QED) is 0.839. The number of nitrogens with zero attached hydrogens (tertiary/aromatic N) is 2. The predicted octanol–water partition coefficient (Wildman–Crippen LogP) is 4.04. The van der Waals surface area contributed by atoms with Crippen LogP contribution >= 0.6 is 11.3 Å². The first-order valence-corrected chi connectivity index (χ1v) is 10.4. The third-order valence-electron chi connectivity index (χ3n) is 4.91. The lowest BCUT2D eigenvalue weighted by Gasteiger charge is -2.35. The smallest absolute Gasteiger partial charge is 0.229 e. The van der Waals surface area contributed by atoms with Crippen LogP contribution in [0.4, 0.5) is 5.13 Å². The Morgan fingerprint density at radius 3 is 2.54 bits per heavy atom. The summed E-state index contributed by atoms with van der Waals surface area (Å²) in [5, 5.41) is 5.44. The molecule has 0 spiro atoms. The number of anilines is 1. The van der Waals surface area contributed by atoms with Crippen molar-refractivity contribution in [2.75, 3.05) is 25.5 Å². The average molecular weight is 402 g/mol. The van der Waals surface area contributed by atoms with Crippen molar-refractivity contribution in [2.24, 2.45) is 11.3 Å². The van der Waals surface area contributed by atoms with E-state index in [4.69, 9.17) is 4.74 Å². The Morgan fingerprint density at radius 2 is 1.89 bits per heavy atom. The first kappa shape index (κ1) is 20.3. The number of ether oxygens (including phenoxy) is 1. The zero-order chi connectivity index (χ0) is 20.3. The van der Waals surface area contributed by atoms with E-state index in [1.54, 1.807) is 7.11 Å². The van der Waals surface area contributed by atoms with Crippen molar-refractivity contribution in [2.45, 2.75) is 33.6 Å². The summed E-state index contributed by atoms with van der Waals surface area (Å²) in [6, 6.07) is 7.68. The summed E-state index contributed by atoms with van der Waals surface area (Å²) in [6.07, 6.45) is 1.36. The fraction of sp³-hybridized carbons (Fsp3) is 0.476. The number of benzene rings is 1. The lowest BCUT2D eigenvalue weighted by atomic mass is 9.91. The minimum absolute atomic E-state index is 0.0243. The van der Waals surface area contributed by atoms with Crippen LogP contribution in [0.3, 0.4) is 0 Å². The minimum atomic E-state index is -0.384. The number of para-hydroxylation sites is 1. The van der Waals surface area contributed by atoms with Crippen molar-refractivity contribution < 1.29 is 14.3 Å². The van der Waals surface area contributed by atoms with Crippen LogP contribution in [-0.2, 0) is 9.59 Å². The molecule has 1 saturated heterocycles. The number of rotatable bonds is 4. The number of methoxy groups -OCH3 is 1. The highest BCUT2D eigenvalue weighted by molar-refractivity contribution is 7.14. The van der Waals surface area contributed by atoms with Crippen LogP contribution in [0.15, 0.2) is 29.6 Å². The van der Waals surface area contributed by atoms with Gasteiger partial charge in [-0.2, -0.15) is 0 Å². The highest BCUT2D eigenvalue weighted by Gasteiger charge is 2.32. The van der Waals surface area contributed by atoms with Crippen molar-refractivity contribution in [1.29, 1.82) is 0 Å². The Balaban J connectivity index is 1.59. The highest BCUT2D eigenvalue weighted by Crippen LogP contribution is 2.32. The van der Waals surface area contributed by atoms with Crippen LogP contribution in [-0.4, -0.2) is 41.9 Å². The molecule has 1 fully saturated rings. The predicted molar refractivity (Wildman–Crippen MR) is 111 cm³/mol. The van der Waals surface area contributed by atoms with E-state index >= 15 is 0 Å². The summed E-state index contributed by atoms with van der Waals surface area (Å²) >= 11 is 1.40. The summed E-state index contributed by atoms with van der Waals surface area (Å²) in [7, 11) is 1.63. The molecule has 0 radical (unpaired) electrons. The first-order chi connectivity index (χ1) is 13.3. The largest absolute Gasteiger partial charge is 0.496 e. The second-order valence-corrected chi connectivity index (χ2v) is 8.90. The van der Waals surface area contributed by atoms with Gasteiger partial charge in [-0.1, -0.05) is 32.9 Å². The summed E-state index contributed by atoms with van der Waals surface area (Å²) in [5.74, 6) is 0.778. The van der Waals surface area contributed by atoms with Gasteiger partial charge in [0.2, 0.25) is 11.8 Å². The van der Waals surface area contributed by atoms with Gasteiger partial charge in [0.25, 0.3) is 0 Å². The molecule has 0 aliphatic carbocycles. The molecule has 1 aliphatic rings. The number of thiazole rings is 1. The Labute approximate surface area is 169 Å². The normalized spacial score (nSPS) is 15.4. The SMILES string of the molecule is COc1ccccc1-c1csc(NC(=O)C2CCN(C(=O)C(C)(C)C)CC2)n1. The third-order valence-corrected chi connectivity index (χ3v) is 5.67.